The predicted molar refractivity (Wildman–Crippen MR) is 123 cm³/mol. The average molecular weight is 489 g/mol. The Labute approximate surface area is 205 Å². The Hall–Kier alpha value is -2.22. The molecule has 0 amide bonds. The number of rotatable bonds is 2. The summed E-state index contributed by atoms with van der Waals surface area (Å²) < 4.78 is 17.1. The minimum Gasteiger partial charge on any atom is -0.468 e. The molecular formula is C27H36O8. The molecule has 1 saturated heterocycles. The largest absolute Gasteiger partial charge is 0.468 e. The van der Waals surface area contributed by atoms with Gasteiger partial charge in [-0.15, -0.1) is 0 Å². The predicted octanol–water partition coefficient (Wildman–Crippen LogP) is 2.75. The zero-order valence-electron chi connectivity index (χ0n) is 21.8. The molecule has 8 nitrogen and oxygen atoms in total. The van der Waals surface area contributed by atoms with Crippen LogP contribution in [0.25, 0.3) is 0 Å². The van der Waals surface area contributed by atoms with Crippen molar-refractivity contribution >= 4 is 23.7 Å². The highest BCUT2D eigenvalue weighted by Crippen LogP contribution is 2.82. The number of allylic oxidation sites excluding steroid dienone is 2. The third kappa shape index (κ3) is 2.18. The molecule has 0 spiro atoms. The van der Waals surface area contributed by atoms with Crippen LogP contribution in [0.3, 0.4) is 0 Å². The quantitative estimate of drug-likeness (QED) is 0.358. The van der Waals surface area contributed by atoms with Gasteiger partial charge in [-0.3, -0.25) is 19.2 Å². The first-order valence-corrected chi connectivity index (χ1v) is 12.5. The Balaban J connectivity index is 1.77. The molecule has 4 aliphatic carbocycles. The second-order valence-corrected chi connectivity index (χ2v) is 12.6. The molecule has 192 valence electrons. The molecule has 35 heavy (non-hydrogen) atoms. The first kappa shape index (κ1) is 24.5. The van der Waals surface area contributed by atoms with E-state index in [-0.39, 0.29) is 30.4 Å². The molecule has 0 radical (unpaired) electrons. The van der Waals surface area contributed by atoms with Crippen LogP contribution >= 0.6 is 0 Å². The Morgan fingerprint density at radius 2 is 1.77 bits per heavy atom. The lowest BCUT2D eigenvalue weighted by Gasteiger charge is -2.75. The molecule has 3 saturated carbocycles. The molecule has 1 heterocycles. The minimum absolute atomic E-state index is 0.262. The maximum absolute atomic E-state index is 13.8. The van der Waals surface area contributed by atoms with E-state index < -0.39 is 56.5 Å². The van der Waals surface area contributed by atoms with Gasteiger partial charge >= 0.3 is 17.9 Å². The lowest BCUT2D eigenvalue weighted by Crippen LogP contribution is -2.87. The lowest BCUT2D eigenvalue weighted by atomic mass is 9.25. The molecule has 1 N–H and O–H groups in total. The van der Waals surface area contributed by atoms with Crippen LogP contribution in [0.5, 0.6) is 0 Å². The number of ketones is 1. The van der Waals surface area contributed by atoms with E-state index in [2.05, 4.69) is 0 Å². The van der Waals surface area contributed by atoms with Gasteiger partial charge in [-0.2, -0.15) is 0 Å². The Kier molecular flexibility index (Phi) is 4.58. The van der Waals surface area contributed by atoms with E-state index in [9.17, 15) is 24.3 Å². The maximum Gasteiger partial charge on any atom is 0.317 e. The molecule has 1 aliphatic heterocycles. The molecule has 0 aromatic heterocycles. The summed E-state index contributed by atoms with van der Waals surface area (Å²) in [5.41, 5.74) is -6.68. The van der Waals surface area contributed by atoms with Crippen molar-refractivity contribution in [2.75, 3.05) is 7.11 Å². The summed E-state index contributed by atoms with van der Waals surface area (Å²) in [7, 11) is 1.27. The van der Waals surface area contributed by atoms with E-state index in [1.165, 1.54) is 21.0 Å². The highest BCUT2D eigenvalue weighted by molar-refractivity contribution is 6.12. The molecule has 9 atom stereocenters. The van der Waals surface area contributed by atoms with Gasteiger partial charge in [0.25, 0.3) is 0 Å². The van der Waals surface area contributed by atoms with Crippen LogP contribution in [0.4, 0.5) is 0 Å². The van der Waals surface area contributed by atoms with Crippen molar-refractivity contribution in [2.24, 2.45) is 38.9 Å². The van der Waals surface area contributed by atoms with Crippen LogP contribution in [0, 0.1) is 38.9 Å². The SMILES string of the molecule is COC(=O)[C@]12[C@](C)(C(=O)[C@@]1(C)O)C(C)=C[C@H]1[C@]34CC[C@H](OC(C)=O)C(C)(C)[C@H]3[C@H](C[C@@]12C)OC4=O. The van der Waals surface area contributed by atoms with Crippen molar-refractivity contribution in [3.8, 4) is 0 Å². The van der Waals surface area contributed by atoms with Gasteiger partial charge in [0.15, 0.2) is 5.78 Å². The van der Waals surface area contributed by atoms with E-state index in [4.69, 9.17) is 14.2 Å². The summed E-state index contributed by atoms with van der Waals surface area (Å²) in [5, 5.41) is 11.7. The van der Waals surface area contributed by atoms with E-state index in [0.717, 1.165) is 0 Å². The number of methoxy groups -OCH3 is 1. The second-order valence-electron chi connectivity index (χ2n) is 12.6. The van der Waals surface area contributed by atoms with Crippen molar-refractivity contribution in [1.82, 2.24) is 0 Å². The van der Waals surface area contributed by atoms with Crippen LogP contribution in [0.15, 0.2) is 11.6 Å². The molecule has 5 rings (SSSR count). The van der Waals surface area contributed by atoms with Gasteiger partial charge in [-0.1, -0.05) is 32.4 Å². The number of hydrogen-bond donors (Lipinski definition) is 1. The molecule has 0 aromatic carbocycles. The number of hydrogen-bond acceptors (Lipinski definition) is 8. The molecule has 8 heteroatoms. The van der Waals surface area contributed by atoms with Crippen molar-refractivity contribution in [3.63, 3.8) is 0 Å². The molecule has 5 aliphatic rings. The first-order chi connectivity index (χ1) is 16.0. The van der Waals surface area contributed by atoms with Crippen molar-refractivity contribution in [1.29, 1.82) is 0 Å². The lowest BCUT2D eigenvalue weighted by molar-refractivity contribution is -0.288. The van der Waals surface area contributed by atoms with Crippen molar-refractivity contribution < 1.29 is 38.5 Å². The second kappa shape index (κ2) is 6.55. The van der Waals surface area contributed by atoms with E-state index in [1.807, 2.05) is 26.8 Å². The Morgan fingerprint density at radius 3 is 2.34 bits per heavy atom. The monoisotopic (exact) mass is 488 g/mol. The van der Waals surface area contributed by atoms with E-state index in [1.54, 1.807) is 13.8 Å². The molecule has 0 aromatic rings. The van der Waals surface area contributed by atoms with Gasteiger partial charge in [0.2, 0.25) is 0 Å². The summed E-state index contributed by atoms with van der Waals surface area (Å²) >= 11 is 0. The number of Topliss-reactive ketones (excluding diaryl/α,β-unsaturated/α-hetero) is 1. The summed E-state index contributed by atoms with van der Waals surface area (Å²) in [4.78, 5) is 52.8. The van der Waals surface area contributed by atoms with Gasteiger partial charge in [-0.25, -0.2) is 0 Å². The summed E-state index contributed by atoms with van der Waals surface area (Å²) in [6.07, 6.45) is 2.24. The smallest absolute Gasteiger partial charge is 0.317 e. The zero-order valence-corrected chi connectivity index (χ0v) is 21.8. The van der Waals surface area contributed by atoms with Gasteiger partial charge in [0, 0.05) is 24.2 Å². The summed E-state index contributed by atoms with van der Waals surface area (Å²) in [6.45, 7) is 12.3. The van der Waals surface area contributed by atoms with Crippen LogP contribution in [0.1, 0.15) is 67.7 Å². The third-order valence-corrected chi connectivity index (χ3v) is 11.1. The fourth-order valence-electron chi connectivity index (χ4n) is 10.1. The van der Waals surface area contributed by atoms with Crippen molar-refractivity contribution in [3.05, 3.63) is 11.6 Å². The van der Waals surface area contributed by atoms with E-state index >= 15 is 0 Å². The Morgan fingerprint density at radius 1 is 1.14 bits per heavy atom. The van der Waals surface area contributed by atoms with Gasteiger partial charge < -0.3 is 19.3 Å². The normalized spacial score (nSPS) is 51.1. The van der Waals surface area contributed by atoms with Crippen LogP contribution in [-0.2, 0) is 33.4 Å². The van der Waals surface area contributed by atoms with Crippen LogP contribution in [-0.4, -0.2) is 53.7 Å². The maximum atomic E-state index is 13.8. The van der Waals surface area contributed by atoms with Crippen LogP contribution in [0.2, 0.25) is 0 Å². The molecule has 0 unspecified atom stereocenters. The standard InChI is InChI=1S/C27H36O8/c1-13-11-16-23(5,27(21(31)33-8)24(13,6)19(29)25(27,7)32)12-15-18-22(3,4)17(34-14(2)28)9-10-26(16,18)20(30)35-15/h11,15-18,32H,9-10,12H2,1-8H3/t15-,16+,17-,18+,23-,24-,25+,26+,27-/m0/s1. The fourth-order valence-corrected chi connectivity index (χ4v) is 10.1. The zero-order chi connectivity index (χ0) is 26.1. The summed E-state index contributed by atoms with van der Waals surface area (Å²) in [5.74, 6) is -2.47. The van der Waals surface area contributed by atoms with Gasteiger partial charge in [-0.05, 0) is 45.4 Å². The highest BCUT2D eigenvalue weighted by atomic mass is 16.6. The number of fused-ring (bicyclic) bond motifs is 3. The molecule has 4 fully saturated rings. The van der Waals surface area contributed by atoms with E-state index in [0.29, 0.717) is 18.4 Å². The number of carbonyl (C=O) groups excluding carboxylic acids is 4. The van der Waals surface area contributed by atoms with Gasteiger partial charge in [0.05, 0.1) is 17.9 Å². The number of esters is 3. The topological polar surface area (TPSA) is 116 Å². The summed E-state index contributed by atoms with van der Waals surface area (Å²) in [6, 6.07) is 0. The molecular weight excluding hydrogens is 452 g/mol. The first-order valence-electron chi connectivity index (χ1n) is 12.5. The number of ether oxygens (including phenoxy) is 3. The Bertz CT molecular complexity index is 1100. The average Bonchev–Trinajstić information content (AvgIpc) is 2.99. The molecule has 2 bridgehead atoms. The highest BCUT2D eigenvalue weighted by Gasteiger charge is 2.91. The minimum atomic E-state index is -1.96. The van der Waals surface area contributed by atoms with Crippen molar-refractivity contribution in [2.45, 2.75) is 85.5 Å². The van der Waals surface area contributed by atoms with Gasteiger partial charge in [0.1, 0.15) is 23.2 Å². The van der Waals surface area contributed by atoms with Crippen LogP contribution < -0.4 is 0 Å². The fraction of sp³-hybridized carbons (Fsp3) is 0.778. The number of carbonyl (C=O) groups is 4. The number of aliphatic hydroxyl groups is 1. The third-order valence-electron chi connectivity index (χ3n) is 11.1.